The Kier molecular flexibility index (Phi) is 17.1. The number of nitrogens with one attached hydrogen (secondary N) is 4. The van der Waals surface area contributed by atoms with E-state index in [1.807, 2.05) is 60.7 Å². The number of halogens is 2. The molecule has 59 heavy (non-hydrogen) atoms. The van der Waals surface area contributed by atoms with Crippen LogP contribution in [0.5, 0.6) is 0 Å². The topological polar surface area (TPSA) is 183 Å². The summed E-state index contributed by atoms with van der Waals surface area (Å²) in [6, 6.07) is 18.2. The van der Waals surface area contributed by atoms with Crippen molar-refractivity contribution in [2.24, 2.45) is 23.7 Å². The van der Waals surface area contributed by atoms with Gasteiger partial charge in [0, 0.05) is 31.6 Å². The number of aliphatic hydroxyl groups excluding tert-OH is 1. The van der Waals surface area contributed by atoms with Gasteiger partial charge in [0.2, 0.25) is 33.7 Å². The molecule has 1 aliphatic carbocycles. The van der Waals surface area contributed by atoms with Crippen LogP contribution in [0.15, 0.2) is 78.9 Å². The summed E-state index contributed by atoms with van der Waals surface area (Å²) in [6.07, 6.45) is -0.528. The second kappa shape index (κ2) is 21.5. The minimum Gasteiger partial charge on any atom is -0.391 e. The molecule has 1 aliphatic rings. The molecule has 4 rings (SSSR count). The fourth-order valence-electron chi connectivity index (χ4n) is 7.20. The van der Waals surface area contributed by atoms with Crippen LogP contribution in [-0.2, 0) is 47.1 Å². The van der Waals surface area contributed by atoms with Crippen LogP contribution >= 0.6 is 0 Å². The third-order valence-corrected chi connectivity index (χ3v) is 12.1. The van der Waals surface area contributed by atoms with Crippen LogP contribution in [-0.4, -0.2) is 85.6 Å². The third-order valence-electron chi connectivity index (χ3n) is 10.8. The maximum absolute atomic E-state index is 14.2. The number of hydrogen-bond donors (Lipinski definition) is 5. The monoisotopic (exact) mass is 841 g/mol. The SMILES string of the molecule is CC(C)[C@H](NC(=O)[C@H](C)C[C@H](O)[C@H](COCc1cc(F)cc(F)c1)NC(=O)[C@@H]1CC(N(C)S(C)(=O)=O)C[C@H]1C(=O)N[C@H](C)c1ccccc1)C(=O)NCc1ccccc1. The Hall–Kier alpha value is -4.77. The van der Waals surface area contributed by atoms with Crippen LogP contribution in [0.3, 0.4) is 0 Å². The Labute approximate surface area is 345 Å². The van der Waals surface area contributed by atoms with Gasteiger partial charge in [0.05, 0.1) is 49.5 Å². The molecule has 16 heteroatoms. The van der Waals surface area contributed by atoms with Crippen LogP contribution in [0.25, 0.3) is 0 Å². The van der Waals surface area contributed by atoms with E-state index >= 15 is 0 Å². The molecule has 322 valence electrons. The van der Waals surface area contributed by atoms with Crippen LogP contribution in [0.1, 0.15) is 69.7 Å². The highest BCUT2D eigenvalue weighted by atomic mass is 32.2. The second-order valence-electron chi connectivity index (χ2n) is 15.8. The van der Waals surface area contributed by atoms with Gasteiger partial charge < -0.3 is 31.1 Å². The molecule has 8 atom stereocenters. The molecule has 13 nitrogen and oxygen atoms in total. The van der Waals surface area contributed by atoms with Gasteiger partial charge >= 0.3 is 0 Å². The Morgan fingerprint density at radius 1 is 0.814 bits per heavy atom. The Morgan fingerprint density at radius 2 is 1.37 bits per heavy atom. The summed E-state index contributed by atoms with van der Waals surface area (Å²) in [6.45, 7) is 6.54. The van der Waals surface area contributed by atoms with Crippen molar-refractivity contribution in [3.05, 3.63) is 107 Å². The smallest absolute Gasteiger partial charge is 0.243 e. The first-order chi connectivity index (χ1) is 27.8. The van der Waals surface area contributed by atoms with Crippen molar-refractivity contribution in [3.63, 3.8) is 0 Å². The lowest BCUT2D eigenvalue weighted by molar-refractivity contribution is -0.135. The summed E-state index contributed by atoms with van der Waals surface area (Å²) < 4.78 is 59.8. The van der Waals surface area contributed by atoms with Crippen molar-refractivity contribution >= 4 is 33.7 Å². The molecule has 1 saturated carbocycles. The van der Waals surface area contributed by atoms with E-state index in [-0.39, 0.29) is 56.4 Å². The van der Waals surface area contributed by atoms with Gasteiger partial charge in [-0.25, -0.2) is 21.5 Å². The average Bonchev–Trinajstić information content (AvgIpc) is 3.64. The summed E-state index contributed by atoms with van der Waals surface area (Å²) in [5.74, 6) is -6.78. The number of carbonyl (C=O) groups is 4. The molecule has 3 aromatic carbocycles. The molecule has 0 radical (unpaired) electrons. The first-order valence-electron chi connectivity index (χ1n) is 19.8. The molecule has 5 N–H and O–H groups in total. The van der Waals surface area contributed by atoms with Crippen molar-refractivity contribution in [3.8, 4) is 0 Å². The van der Waals surface area contributed by atoms with E-state index < -0.39 is 87.4 Å². The fraction of sp³-hybridized carbons (Fsp3) is 0.488. The number of amides is 4. The van der Waals surface area contributed by atoms with Gasteiger partial charge in [-0.05, 0) is 60.9 Å². The zero-order valence-corrected chi connectivity index (χ0v) is 35.2. The van der Waals surface area contributed by atoms with Crippen LogP contribution < -0.4 is 21.3 Å². The van der Waals surface area contributed by atoms with E-state index in [1.54, 1.807) is 27.7 Å². The number of nitrogens with zero attached hydrogens (tertiary/aromatic N) is 1. The van der Waals surface area contributed by atoms with Crippen molar-refractivity contribution < 1.29 is 46.2 Å². The summed E-state index contributed by atoms with van der Waals surface area (Å²) in [7, 11) is -2.31. The number of ether oxygens (including phenoxy) is 1. The van der Waals surface area contributed by atoms with Gasteiger partial charge in [0.25, 0.3) is 0 Å². The summed E-state index contributed by atoms with van der Waals surface area (Å²) in [4.78, 5) is 54.7. The number of benzene rings is 3. The number of sulfonamides is 1. The van der Waals surface area contributed by atoms with Gasteiger partial charge in [0.1, 0.15) is 17.7 Å². The number of carbonyl (C=O) groups excluding carboxylic acids is 4. The van der Waals surface area contributed by atoms with E-state index in [4.69, 9.17) is 4.74 Å². The lowest BCUT2D eigenvalue weighted by Crippen LogP contribution is -2.53. The molecule has 0 saturated heterocycles. The molecule has 0 bridgehead atoms. The van der Waals surface area contributed by atoms with E-state index in [0.717, 1.165) is 33.8 Å². The van der Waals surface area contributed by atoms with E-state index in [2.05, 4.69) is 21.3 Å². The van der Waals surface area contributed by atoms with Crippen molar-refractivity contribution in [2.45, 2.75) is 90.4 Å². The van der Waals surface area contributed by atoms with Gasteiger partial charge in [-0.3, -0.25) is 19.2 Å². The van der Waals surface area contributed by atoms with Crippen molar-refractivity contribution in [1.82, 2.24) is 25.6 Å². The second-order valence-corrected chi connectivity index (χ2v) is 17.8. The van der Waals surface area contributed by atoms with Gasteiger partial charge in [-0.2, -0.15) is 0 Å². The normalized spacial score (nSPS) is 19.3. The minimum atomic E-state index is -3.70. The Balaban J connectivity index is 1.51. The molecule has 0 spiro atoms. The minimum absolute atomic E-state index is 0.00118. The standard InChI is InChI=1S/C43H57F2N5O8S/c1-26(2)39(43(55)46-23-29-13-9-7-10-14-29)49-40(52)27(3)17-38(51)37(25-58-24-30-18-32(44)20-33(45)19-30)48-42(54)36-22-34(50(5)59(6,56)57)21-35(36)41(53)47-28(4)31-15-11-8-12-16-31/h7-16,18-20,26-28,34-39,51H,17,21-25H2,1-6H3,(H,46,55)(H,47,53)(H,48,54)(H,49,52)/t27-,28-,34?,35-,36-,37+,38+,39+/m1/s1. The third kappa shape index (κ3) is 13.9. The number of aliphatic hydroxyl groups is 1. The first kappa shape index (κ1) is 46.9. The number of rotatable bonds is 20. The lowest BCUT2D eigenvalue weighted by atomic mass is 9.92. The van der Waals surface area contributed by atoms with E-state index in [0.29, 0.717) is 6.07 Å². The highest BCUT2D eigenvalue weighted by Crippen LogP contribution is 2.36. The zero-order valence-electron chi connectivity index (χ0n) is 34.4. The molecule has 0 aliphatic heterocycles. The molecule has 1 fully saturated rings. The zero-order chi connectivity index (χ0) is 43.4. The van der Waals surface area contributed by atoms with Crippen LogP contribution in [0.4, 0.5) is 8.78 Å². The molecule has 1 unspecified atom stereocenters. The molecular weight excluding hydrogens is 785 g/mol. The summed E-state index contributed by atoms with van der Waals surface area (Å²) >= 11 is 0. The predicted molar refractivity (Wildman–Crippen MR) is 218 cm³/mol. The highest BCUT2D eigenvalue weighted by molar-refractivity contribution is 7.88. The fourth-order valence-corrected chi connectivity index (χ4v) is 7.91. The van der Waals surface area contributed by atoms with Gasteiger partial charge in [-0.15, -0.1) is 0 Å². The van der Waals surface area contributed by atoms with E-state index in [1.165, 1.54) is 7.05 Å². The average molecular weight is 842 g/mol. The maximum atomic E-state index is 14.2. The quantitative estimate of drug-likeness (QED) is 0.113. The number of hydrogen-bond acceptors (Lipinski definition) is 8. The molecule has 3 aromatic rings. The van der Waals surface area contributed by atoms with Crippen LogP contribution in [0, 0.1) is 35.3 Å². The first-order valence-corrected chi connectivity index (χ1v) is 21.6. The van der Waals surface area contributed by atoms with Crippen molar-refractivity contribution in [1.29, 1.82) is 0 Å². The maximum Gasteiger partial charge on any atom is 0.243 e. The Morgan fingerprint density at radius 3 is 1.93 bits per heavy atom. The summed E-state index contributed by atoms with van der Waals surface area (Å²) in [5, 5.41) is 23.0. The molecule has 0 aromatic heterocycles. The lowest BCUT2D eigenvalue weighted by Gasteiger charge is -2.29. The van der Waals surface area contributed by atoms with Gasteiger partial charge in [-0.1, -0.05) is 81.4 Å². The van der Waals surface area contributed by atoms with Crippen LogP contribution in [0.2, 0.25) is 0 Å². The van der Waals surface area contributed by atoms with Gasteiger partial charge in [0.15, 0.2) is 0 Å². The largest absolute Gasteiger partial charge is 0.391 e. The Bertz CT molecular complexity index is 1970. The molecule has 0 heterocycles. The molecular formula is C43H57F2N5O8S. The van der Waals surface area contributed by atoms with Crippen molar-refractivity contribution in [2.75, 3.05) is 19.9 Å². The highest BCUT2D eigenvalue weighted by Gasteiger charge is 2.46. The summed E-state index contributed by atoms with van der Waals surface area (Å²) in [5.41, 5.74) is 1.87. The predicted octanol–water partition coefficient (Wildman–Crippen LogP) is 3.97. The van der Waals surface area contributed by atoms with E-state index in [9.17, 15) is 41.5 Å². The molecule has 4 amide bonds.